The molecule has 0 amide bonds. The standard InChI is InChI=1S/C2H5N.2CH6O6P2/c1-2-3;2*2-8(3,4)1-9(5,6)7/h2H,1,3H2;2*1H2,(H2,2,3,4)(H2,5,6,7). The monoisotopic (exact) mass is 395 g/mol. The zero-order valence-corrected chi connectivity index (χ0v) is 13.9. The molecule has 0 heterocycles. The summed E-state index contributed by atoms with van der Waals surface area (Å²) in [5, 5.41) is 0. The second-order valence-electron chi connectivity index (χ2n) is 3.18. The highest BCUT2D eigenvalue weighted by Crippen LogP contribution is 2.52. The molecule has 0 aliphatic heterocycles. The van der Waals surface area contributed by atoms with E-state index < -0.39 is 42.2 Å². The minimum Gasteiger partial charge on any atom is -0.405 e. The Morgan fingerprint density at radius 1 is 0.667 bits per heavy atom. The van der Waals surface area contributed by atoms with Gasteiger partial charge in [0.25, 0.3) is 0 Å². The molecule has 0 rings (SSSR count). The molecular formula is C4H17NO12P4. The second kappa shape index (κ2) is 10.0. The molecule has 0 aliphatic rings. The normalized spacial score (nSPS) is 12.4. The third-order valence-electron chi connectivity index (χ3n) is 0.737. The fraction of sp³-hybridized carbons (Fsp3) is 0.500. The fourth-order valence-corrected chi connectivity index (χ4v) is 4.32. The van der Waals surface area contributed by atoms with Gasteiger partial charge in [-0.1, -0.05) is 6.58 Å². The first-order valence-corrected chi connectivity index (χ1v) is 11.5. The molecule has 0 fully saturated rings. The molecule has 0 spiro atoms. The highest BCUT2D eigenvalue weighted by Gasteiger charge is 2.27. The summed E-state index contributed by atoms with van der Waals surface area (Å²) in [6.45, 7) is 3.14. The first kappa shape index (κ1) is 26.1. The summed E-state index contributed by atoms with van der Waals surface area (Å²) < 4.78 is 39.4. The average Bonchev–Trinajstić information content (AvgIpc) is 1.88. The van der Waals surface area contributed by atoms with Gasteiger partial charge in [0.1, 0.15) is 0 Å². The molecule has 0 unspecified atom stereocenters. The van der Waals surface area contributed by atoms with Crippen LogP contribution in [0.15, 0.2) is 12.8 Å². The van der Waals surface area contributed by atoms with Gasteiger partial charge in [-0.3, -0.25) is 18.3 Å². The van der Waals surface area contributed by atoms with Crippen LogP contribution in [0.2, 0.25) is 0 Å². The van der Waals surface area contributed by atoms with Crippen LogP contribution in [-0.2, 0) is 18.3 Å². The number of hydrogen-bond acceptors (Lipinski definition) is 5. The van der Waals surface area contributed by atoms with Gasteiger partial charge in [-0.2, -0.15) is 0 Å². The van der Waals surface area contributed by atoms with Gasteiger partial charge < -0.3 is 44.9 Å². The van der Waals surface area contributed by atoms with E-state index in [2.05, 4.69) is 12.3 Å². The highest BCUT2D eigenvalue weighted by atomic mass is 31.2. The van der Waals surface area contributed by atoms with Gasteiger partial charge >= 0.3 is 30.4 Å². The maximum absolute atomic E-state index is 9.85. The molecule has 0 bridgehead atoms. The first-order valence-electron chi connectivity index (χ1n) is 4.34. The van der Waals surface area contributed by atoms with Gasteiger partial charge in [-0.15, -0.1) is 0 Å². The Hall–Kier alpha value is 0.140. The molecule has 13 nitrogen and oxygen atoms in total. The van der Waals surface area contributed by atoms with E-state index in [1.165, 1.54) is 6.20 Å². The Bertz CT molecular complexity index is 395. The lowest BCUT2D eigenvalue weighted by Gasteiger charge is -2.03. The molecule has 0 aliphatic carbocycles. The van der Waals surface area contributed by atoms with Crippen LogP contribution in [0.5, 0.6) is 0 Å². The molecule has 17 heteroatoms. The van der Waals surface area contributed by atoms with E-state index in [-0.39, 0.29) is 0 Å². The zero-order chi connectivity index (χ0) is 18.1. The lowest BCUT2D eigenvalue weighted by Crippen LogP contribution is -1.88. The van der Waals surface area contributed by atoms with E-state index in [4.69, 9.17) is 39.1 Å². The van der Waals surface area contributed by atoms with Crippen LogP contribution in [0, 0.1) is 0 Å². The van der Waals surface area contributed by atoms with Crippen molar-refractivity contribution in [3.05, 3.63) is 12.8 Å². The molecule has 130 valence electrons. The van der Waals surface area contributed by atoms with Crippen molar-refractivity contribution >= 4 is 30.4 Å². The van der Waals surface area contributed by atoms with Gasteiger partial charge in [-0.05, 0) is 6.20 Å². The van der Waals surface area contributed by atoms with Crippen molar-refractivity contribution in [2.75, 3.05) is 11.8 Å². The van der Waals surface area contributed by atoms with Gasteiger partial charge in [0.15, 0.2) is 11.8 Å². The van der Waals surface area contributed by atoms with Crippen LogP contribution >= 0.6 is 30.4 Å². The highest BCUT2D eigenvalue weighted by molar-refractivity contribution is 7.69. The van der Waals surface area contributed by atoms with Gasteiger partial charge in [0.05, 0.1) is 0 Å². The van der Waals surface area contributed by atoms with Crippen LogP contribution in [0.4, 0.5) is 0 Å². The Kier molecular flexibility index (Phi) is 12.4. The van der Waals surface area contributed by atoms with Crippen LogP contribution in [0.25, 0.3) is 0 Å². The Morgan fingerprint density at radius 2 is 0.762 bits per heavy atom. The Balaban J connectivity index is -0.000000260. The van der Waals surface area contributed by atoms with E-state index in [1.54, 1.807) is 0 Å². The van der Waals surface area contributed by atoms with Crippen molar-refractivity contribution in [3.63, 3.8) is 0 Å². The predicted molar refractivity (Wildman–Crippen MR) is 72.3 cm³/mol. The maximum atomic E-state index is 9.85. The van der Waals surface area contributed by atoms with Crippen molar-refractivity contribution in [3.8, 4) is 0 Å². The Labute approximate surface area is 119 Å². The second-order valence-corrected chi connectivity index (χ2v) is 10.8. The molecule has 0 atom stereocenters. The van der Waals surface area contributed by atoms with Crippen molar-refractivity contribution in [2.24, 2.45) is 5.73 Å². The molecular weight excluding hydrogens is 378 g/mol. The molecule has 0 radical (unpaired) electrons. The quantitative estimate of drug-likeness (QED) is 0.251. The summed E-state index contributed by atoms with van der Waals surface area (Å²) in [7, 11) is -18.2. The van der Waals surface area contributed by atoms with Crippen LogP contribution in [0.1, 0.15) is 0 Å². The lowest BCUT2D eigenvalue weighted by atomic mass is 11.1. The van der Waals surface area contributed by atoms with E-state index in [0.717, 1.165) is 0 Å². The van der Waals surface area contributed by atoms with E-state index in [0.29, 0.717) is 0 Å². The van der Waals surface area contributed by atoms with Crippen molar-refractivity contribution in [2.45, 2.75) is 0 Å². The molecule has 0 aromatic rings. The van der Waals surface area contributed by atoms with Gasteiger partial charge in [0.2, 0.25) is 0 Å². The van der Waals surface area contributed by atoms with Crippen LogP contribution < -0.4 is 5.73 Å². The first-order chi connectivity index (χ1) is 8.83. The molecule has 10 N–H and O–H groups in total. The summed E-state index contributed by atoms with van der Waals surface area (Å²) >= 11 is 0. The van der Waals surface area contributed by atoms with E-state index >= 15 is 0 Å². The topological polar surface area (TPSA) is 256 Å². The number of rotatable bonds is 4. The van der Waals surface area contributed by atoms with Crippen molar-refractivity contribution in [1.29, 1.82) is 0 Å². The predicted octanol–water partition coefficient (Wildman–Crippen LogP) is -1.31. The van der Waals surface area contributed by atoms with Crippen molar-refractivity contribution in [1.82, 2.24) is 0 Å². The average molecular weight is 395 g/mol. The fourth-order valence-electron chi connectivity index (χ4n) is 0.480. The summed E-state index contributed by atoms with van der Waals surface area (Å²) in [5.41, 5.74) is 4.61. The third-order valence-corrected chi connectivity index (χ3v) is 6.63. The molecule has 0 saturated carbocycles. The van der Waals surface area contributed by atoms with Gasteiger partial charge in [0, 0.05) is 0 Å². The number of hydrogen-bond donors (Lipinski definition) is 9. The van der Waals surface area contributed by atoms with Crippen LogP contribution in [-0.4, -0.2) is 51.0 Å². The summed E-state index contributed by atoms with van der Waals surface area (Å²) in [6, 6.07) is 0. The summed E-state index contributed by atoms with van der Waals surface area (Å²) in [6.07, 6.45) is 1.25. The maximum Gasteiger partial charge on any atom is 0.337 e. The minimum absolute atomic E-state index is 1.25. The molecule has 0 aromatic carbocycles. The molecule has 21 heavy (non-hydrogen) atoms. The number of nitrogens with two attached hydrogens (primary N) is 1. The molecule has 0 aromatic heterocycles. The minimum atomic E-state index is -4.55. The summed E-state index contributed by atoms with van der Waals surface area (Å²) in [4.78, 5) is 63.8. The molecule has 0 saturated heterocycles. The van der Waals surface area contributed by atoms with E-state index in [9.17, 15) is 18.3 Å². The zero-order valence-electron chi connectivity index (χ0n) is 10.3. The SMILES string of the molecule is C=CN.O=P(O)(O)CP(=O)(O)O.O=P(O)(O)CP(=O)(O)O. The smallest absolute Gasteiger partial charge is 0.337 e. The Morgan fingerprint density at radius 3 is 0.762 bits per heavy atom. The third kappa shape index (κ3) is 45.0. The largest absolute Gasteiger partial charge is 0.405 e. The lowest BCUT2D eigenvalue weighted by molar-refractivity contribution is 0.352. The van der Waals surface area contributed by atoms with Gasteiger partial charge in [-0.25, -0.2) is 0 Å². The summed E-state index contributed by atoms with van der Waals surface area (Å²) in [5.74, 6) is -2.75. The van der Waals surface area contributed by atoms with E-state index in [1.807, 2.05) is 0 Å². The van der Waals surface area contributed by atoms with Crippen LogP contribution in [0.3, 0.4) is 0 Å². The van der Waals surface area contributed by atoms with Crippen molar-refractivity contribution < 1.29 is 57.4 Å².